The first kappa shape index (κ1) is 27.9. The molecule has 0 aromatic heterocycles. The Labute approximate surface area is 230 Å². The van der Waals surface area contributed by atoms with E-state index in [1.54, 1.807) is 42.2 Å². The van der Waals surface area contributed by atoms with Crippen molar-refractivity contribution in [3.8, 4) is 0 Å². The fourth-order valence-electron chi connectivity index (χ4n) is 4.73. The zero-order valence-corrected chi connectivity index (χ0v) is 22.7. The van der Waals surface area contributed by atoms with E-state index in [1.807, 2.05) is 6.92 Å². The highest BCUT2D eigenvalue weighted by atomic mass is 35.5. The molecule has 11 heteroatoms. The summed E-state index contributed by atoms with van der Waals surface area (Å²) in [6.07, 6.45) is 0. The predicted octanol–water partition coefficient (Wildman–Crippen LogP) is 4.49. The van der Waals surface area contributed by atoms with Crippen molar-refractivity contribution in [1.29, 1.82) is 0 Å². The van der Waals surface area contributed by atoms with Gasteiger partial charge in [-0.25, -0.2) is 14.0 Å². The Bertz CT molecular complexity index is 1260. The van der Waals surface area contributed by atoms with Gasteiger partial charge in [-0.2, -0.15) is 0 Å². The van der Waals surface area contributed by atoms with Crippen LogP contribution in [0.5, 0.6) is 0 Å². The van der Waals surface area contributed by atoms with Gasteiger partial charge < -0.3 is 15.0 Å². The van der Waals surface area contributed by atoms with Crippen molar-refractivity contribution in [2.24, 2.45) is 0 Å². The van der Waals surface area contributed by atoms with Gasteiger partial charge in [0.2, 0.25) is 0 Å². The number of halogens is 3. The Hall–Kier alpha value is -3.14. The monoisotopic (exact) mass is 562 g/mol. The third-order valence-corrected chi connectivity index (χ3v) is 7.40. The van der Waals surface area contributed by atoms with Gasteiger partial charge in [0, 0.05) is 45.0 Å². The van der Waals surface area contributed by atoms with Gasteiger partial charge in [0.05, 0.1) is 33.8 Å². The Morgan fingerprint density at radius 2 is 1.76 bits per heavy atom. The molecule has 2 aliphatic rings. The molecule has 3 amide bonds. The molecule has 0 aliphatic carbocycles. The SMILES string of the molecule is CCOC(=O)C1=C(CN2CCN(C(=O)c3ccccc3F)CC2)N(CC)C(=O)NC1c1ccc(Cl)c(Cl)c1. The number of likely N-dealkylation sites (N-methyl/N-ethyl adjacent to an activating group) is 1. The lowest BCUT2D eigenvalue weighted by molar-refractivity contribution is -0.139. The summed E-state index contributed by atoms with van der Waals surface area (Å²) in [5, 5.41) is 3.56. The molecule has 0 radical (unpaired) electrons. The molecule has 202 valence electrons. The van der Waals surface area contributed by atoms with Crippen LogP contribution in [0.4, 0.5) is 9.18 Å². The molecule has 38 heavy (non-hydrogen) atoms. The lowest BCUT2D eigenvalue weighted by atomic mass is 9.94. The highest BCUT2D eigenvalue weighted by molar-refractivity contribution is 6.42. The maximum absolute atomic E-state index is 14.1. The maximum atomic E-state index is 14.1. The molecule has 1 atom stereocenters. The van der Waals surface area contributed by atoms with Crippen LogP contribution in [0.1, 0.15) is 35.8 Å². The van der Waals surface area contributed by atoms with Crippen LogP contribution in [-0.4, -0.2) is 78.5 Å². The molecule has 1 fully saturated rings. The number of benzene rings is 2. The summed E-state index contributed by atoms with van der Waals surface area (Å²) in [6.45, 7) is 6.06. The van der Waals surface area contributed by atoms with Crippen LogP contribution in [-0.2, 0) is 9.53 Å². The molecule has 0 saturated carbocycles. The number of nitrogens with zero attached hydrogens (tertiary/aromatic N) is 3. The van der Waals surface area contributed by atoms with E-state index in [0.29, 0.717) is 59.6 Å². The number of piperazine rings is 1. The van der Waals surface area contributed by atoms with Crippen LogP contribution >= 0.6 is 23.2 Å². The molecule has 0 spiro atoms. The standard InChI is InChI=1S/C27H29Cl2FN4O4/c1-3-34-22(16-32-11-13-33(14-12-32)25(35)18-7-5-6-8-21(18)30)23(26(36)38-4-2)24(31-27(34)37)17-9-10-19(28)20(29)15-17/h5-10,15,24H,3-4,11-14,16H2,1-2H3,(H,31,37). The van der Waals surface area contributed by atoms with E-state index in [2.05, 4.69) is 10.2 Å². The van der Waals surface area contributed by atoms with Crippen molar-refractivity contribution in [3.05, 3.63) is 80.7 Å². The molecule has 4 rings (SSSR count). The number of nitrogens with one attached hydrogen (secondary N) is 1. The summed E-state index contributed by atoms with van der Waals surface area (Å²) < 4.78 is 19.5. The van der Waals surface area contributed by atoms with Gasteiger partial charge >= 0.3 is 12.0 Å². The fourth-order valence-corrected chi connectivity index (χ4v) is 5.03. The maximum Gasteiger partial charge on any atom is 0.338 e. The third kappa shape index (κ3) is 5.80. The number of amides is 3. The number of carbonyl (C=O) groups is 3. The molecule has 1 N–H and O–H groups in total. The lowest BCUT2D eigenvalue weighted by Crippen LogP contribution is -2.53. The quantitative estimate of drug-likeness (QED) is 0.502. The van der Waals surface area contributed by atoms with Crippen molar-refractivity contribution in [1.82, 2.24) is 20.0 Å². The van der Waals surface area contributed by atoms with Crippen molar-refractivity contribution < 1.29 is 23.5 Å². The van der Waals surface area contributed by atoms with E-state index in [9.17, 15) is 18.8 Å². The minimum atomic E-state index is -0.780. The number of ether oxygens (including phenoxy) is 1. The second-order valence-corrected chi connectivity index (χ2v) is 9.74. The summed E-state index contributed by atoms with van der Waals surface area (Å²) >= 11 is 12.3. The number of esters is 1. The molecule has 0 bridgehead atoms. The molecule has 2 heterocycles. The first-order valence-electron chi connectivity index (χ1n) is 12.4. The molecular formula is C27H29Cl2FN4O4. The van der Waals surface area contributed by atoms with Gasteiger partial charge in [-0.1, -0.05) is 41.4 Å². The lowest BCUT2D eigenvalue weighted by Gasteiger charge is -2.40. The Kier molecular flexibility index (Phi) is 8.91. The summed E-state index contributed by atoms with van der Waals surface area (Å²) in [4.78, 5) is 44.4. The average molecular weight is 563 g/mol. The van der Waals surface area contributed by atoms with E-state index >= 15 is 0 Å². The smallest absolute Gasteiger partial charge is 0.338 e. The van der Waals surface area contributed by atoms with Crippen LogP contribution in [0.2, 0.25) is 10.0 Å². The van der Waals surface area contributed by atoms with E-state index < -0.39 is 17.8 Å². The van der Waals surface area contributed by atoms with Crippen LogP contribution < -0.4 is 5.32 Å². The number of carbonyl (C=O) groups excluding carboxylic acids is 3. The zero-order chi connectivity index (χ0) is 27.4. The Morgan fingerprint density at radius 3 is 2.39 bits per heavy atom. The van der Waals surface area contributed by atoms with Crippen molar-refractivity contribution in [2.45, 2.75) is 19.9 Å². The van der Waals surface area contributed by atoms with Crippen molar-refractivity contribution in [2.75, 3.05) is 45.9 Å². The van der Waals surface area contributed by atoms with Crippen LogP contribution in [0.25, 0.3) is 0 Å². The first-order chi connectivity index (χ1) is 18.2. The normalized spacial score (nSPS) is 18.4. The van der Waals surface area contributed by atoms with Crippen LogP contribution in [0.3, 0.4) is 0 Å². The van der Waals surface area contributed by atoms with Gasteiger partial charge in [-0.3, -0.25) is 14.6 Å². The van der Waals surface area contributed by atoms with Crippen LogP contribution in [0, 0.1) is 5.82 Å². The molecule has 2 aromatic rings. The van der Waals surface area contributed by atoms with Gasteiger partial charge in [0.25, 0.3) is 5.91 Å². The Morgan fingerprint density at radius 1 is 1.05 bits per heavy atom. The molecule has 8 nitrogen and oxygen atoms in total. The third-order valence-electron chi connectivity index (χ3n) is 6.66. The molecule has 1 saturated heterocycles. The summed E-state index contributed by atoms with van der Waals surface area (Å²) in [6, 6.07) is 9.75. The largest absolute Gasteiger partial charge is 0.463 e. The van der Waals surface area contributed by atoms with Gasteiger partial charge in [0.15, 0.2) is 0 Å². The number of urea groups is 1. The van der Waals surface area contributed by atoms with Gasteiger partial charge in [0.1, 0.15) is 5.82 Å². The highest BCUT2D eigenvalue weighted by Gasteiger charge is 2.39. The fraction of sp³-hybridized carbons (Fsp3) is 0.370. The summed E-state index contributed by atoms with van der Waals surface area (Å²) in [7, 11) is 0. The van der Waals surface area contributed by atoms with E-state index in [4.69, 9.17) is 27.9 Å². The highest BCUT2D eigenvalue weighted by Crippen LogP contribution is 2.35. The molecule has 2 aromatic carbocycles. The predicted molar refractivity (Wildman–Crippen MR) is 143 cm³/mol. The zero-order valence-electron chi connectivity index (χ0n) is 21.2. The second kappa shape index (κ2) is 12.1. The van der Waals surface area contributed by atoms with Crippen LogP contribution in [0.15, 0.2) is 53.7 Å². The van der Waals surface area contributed by atoms with E-state index in [1.165, 1.54) is 17.0 Å². The topological polar surface area (TPSA) is 82.2 Å². The average Bonchev–Trinajstić information content (AvgIpc) is 2.90. The molecule has 1 unspecified atom stereocenters. The first-order valence-corrected chi connectivity index (χ1v) is 13.2. The molecule has 2 aliphatic heterocycles. The second-order valence-electron chi connectivity index (χ2n) is 8.93. The van der Waals surface area contributed by atoms with Gasteiger partial charge in [-0.15, -0.1) is 0 Å². The van der Waals surface area contributed by atoms with Gasteiger partial charge in [-0.05, 0) is 43.7 Å². The van der Waals surface area contributed by atoms with E-state index in [0.717, 1.165) is 0 Å². The Balaban J connectivity index is 1.62. The summed E-state index contributed by atoms with van der Waals surface area (Å²) in [5.74, 6) is -1.45. The minimum absolute atomic E-state index is 0.0406. The minimum Gasteiger partial charge on any atom is -0.463 e. The number of hydrogen-bond donors (Lipinski definition) is 1. The number of rotatable bonds is 7. The summed E-state index contributed by atoms with van der Waals surface area (Å²) in [5.41, 5.74) is 1.49. The number of hydrogen-bond acceptors (Lipinski definition) is 5. The van der Waals surface area contributed by atoms with Crippen molar-refractivity contribution >= 4 is 41.1 Å². The van der Waals surface area contributed by atoms with E-state index in [-0.39, 0.29) is 30.7 Å². The molecular weight excluding hydrogens is 534 g/mol. The van der Waals surface area contributed by atoms with Crippen molar-refractivity contribution in [3.63, 3.8) is 0 Å².